The second-order valence-corrected chi connectivity index (χ2v) is 8.43. The van der Waals surface area contributed by atoms with E-state index in [1.165, 1.54) is 40.4 Å². The van der Waals surface area contributed by atoms with Gasteiger partial charge in [0.05, 0.1) is 28.8 Å². The van der Waals surface area contributed by atoms with Crippen molar-refractivity contribution in [3.05, 3.63) is 86.3 Å². The van der Waals surface area contributed by atoms with E-state index in [2.05, 4.69) is 10.3 Å². The Morgan fingerprint density at radius 3 is 2.69 bits per heavy atom. The van der Waals surface area contributed by atoms with Gasteiger partial charge in [-0.2, -0.15) is 0 Å². The van der Waals surface area contributed by atoms with E-state index in [9.17, 15) is 24.5 Å². The van der Waals surface area contributed by atoms with Crippen LogP contribution >= 0.6 is 11.3 Å². The highest BCUT2D eigenvalue weighted by Gasteiger charge is 2.16. The van der Waals surface area contributed by atoms with E-state index in [1.54, 1.807) is 35.7 Å². The third-order valence-corrected chi connectivity index (χ3v) is 5.97. The fourth-order valence-electron chi connectivity index (χ4n) is 3.41. The van der Waals surface area contributed by atoms with Crippen molar-refractivity contribution in [1.29, 1.82) is 0 Å². The Bertz CT molecular complexity index is 1480. The molecule has 0 radical (unpaired) electrons. The number of amides is 1. The minimum atomic E-state index is -0.494. The van der Waals surface area contributed by atoms with Crippen LogP contribution in [0.5, 0.6) is 0 Å². The molecule has 4 aromatic rings. The highest BCUT2D eigenvalue weighted by Crippen LogP contribution is 2.31. The van der Waals surface area contributed by atoms with Crippen molar-refractivity contribution >= 4 is 44.8 Å². The number of fused-ring (bicyclic) bond motifs is 1. The molecule has 1 N–H and O–H groups in total. The molecule has 11 heteroatoms. The van der Waals surface area contributed by atoms with Gasteiger partial charge in [-0.25, -0.2) is 9.78 Å². The Kier molecular flexibility index (Phi) is 6.97. The van der Waals surface area contributed by atoms with Gasteiger partial charge in [0.25, 0.3) is 11.2 Å². The summed E-state index contributed by atoms with van der Waals surface area (Å²) in [5.74, 6) is -0.954. The van der Waals surface area contributed by atoms with Crippen LogP contribution in [0.2, 0.25) is 0 Å². The maximum absolute atomic E-state index is 13.2. The molecule has 1 amide bonds. The van der Waals surface area contributed by atoms with E-state index in [0.29, 0.717) is 45.6 Å². The van der Waals surface area contributed by atoms with Gasteiger partial charge >= 0.3 is 5.97 Å². The predicted molar refractivity (Wildman–Crippen MR) is 132 cm³/mol. The summed E-state index contributed by atoms with van der Waals surface area (Å²) >= 11 is 1.27. The molecule has 0 aliphatic heterocycles. The number of hydrogen-bond donors (Lipinski definition) is 1. The molecule has 0 atom stereocenters. The van der Waals surface area contributed by atoms with Gasteiger partial charge in [0, 0.05) is 28.8 Å². The first-order valence-electron chi connectivity index (χ1n) is 10.7. The Morgan fingerprint density at radius 1 is 1.20 bits per heavy atom. The fourth-order valence-corrected chi connectivity index (χ4v) is 4.32. The zero-order chi connectivity index (χ0) is 24.9. The second-order valence-electron chi connectivity index (χ2n) is 7.58. The molecule has 0 spiro atoms. The molecule has 2 heterocycles. The molecule has 0 aliphatic rings. The fraction of sp³-hybridized carbons (Fsp3) is 0.167. The minimum Gasteiger partial charge on any atom is -0.462 e. The number of esters is 1. The number of anilines is 1. The van der Waals surface area contributed by atoms with E-state index in [-0.39, 0.29) is 12.2 Å². The lowest BCUT2D eigenvalue weighted by atomic mass is 10.1. The number of nitro groups is 1. The number of thiophene rings is 1. The van der Waals surface area contributed by atoms with Crippen LogP contribution < -0.4 is 10.9 Å². The van der Waals surface area contributed by atoms with Gasteiger partial charge in [-0.1, -0.05) is 13.0 Å². The normalized spacial score (nSPS) is 10.8. The summed E-state index contributed by atoms with van der Waals surface area (Å²) in [4.78, 5) is 53.1. The molecule has 4 rings (SSSR count). The number of non-ortho nitro benzene ring substituents is 1. The van der Waals surface area contributed by atoms with Crippen LogP contribution in [0, 0.1) is 10.1 Å². The first kappa shape index (κ1) is 23.8. The molecule has 0 saturated carbocycles. The lowest BCUT2D eigenvalue weighted by Crippen LogP contribution is -2.27. The van der Waals surface area contributed by atoms with E-state index in [0.717, 1.165) is 0 Å². The van der Waals surface area contributed by atoms with Crippen LogP contribution in [0.15, 0.2) is 65.0 Å². The smallest absolute Gasteiger partial charge is 0.338 e. The summed E-state index contributed by atoms with van der Waals surface area (Å²) in [6.45, 7) is 1.91. The molecule has 10 nitrogen and oxygen atoms in total. The van der Waals surface area contributed by atoms with Gasteiger partial charge in [0.15, 0.2) is 0 Å². The summed E-state index contributed by atoms with van der Waals surface area (Å²) in [5.41, 5.74) is 1.47. The Labute approximate surface area is 203 Å². The topological polar surface area (TPSA) is 133 Å². The minimum absolute atomic E-state index is 0.0526. The third-order valence-electron chi connectivity index (χ3n) is 5.08. The van der Waals surface area contributed by atoms with Crippen LogP contribution in [0.4, 0.5) is 11.4 Å². The maximum Gasteiger partial charge on any atom is 0.338 e. The third kappa shape index (κ3) is 5.25. The second kappa shape index (κ2) is 10.3. The molecular formula is C24H20N4O6S. The molecule has 0 saturated heterocycles. The summed E-state index contributed by atoms with van der Waals surface area (Å²) < 4.78 is 6.30. The largest absolute Gasteiger partial charge is 0.462 e. The molecule has 0 unspecified atom stereocenters. The number of carbonyl (C=O) groups excluding carboxylic acids is 2. The van der Waals surface area contributed by atoms with Gasteiger partial charge in [0.1, 0.15) is 11.4 Å². The predicted octanol–water partition coefficient (Wildman–Crippen LogP) is 4.24. The summed E-state index contributed by atoms with van der Waals surface area (Å²) in [6, 6.07) is 12.2. The van der Waals surface area contributed by atoms with Crippen LogP contribution in [0.25, 0.3) is 21.3 Å². The summed E-state index contributed by atoms with van der Waals surface area (Å²) in [5, 5.41) is 15.7. The van der Waals surface area contributed by atoms with Gasteiger partial charge in [-0.05, 0) is 42.3 Å². The zero-order valence-corrected chi connectivity index (χ0v) is 19.4. The number of nitrogens with zero attached hydrogens (tertiary/aromatic N) is 3. The van der Waals surface area contributed by atoms with E-state index in [4.69, 9.17) is 4.74 Å². The summed E-state index contributed by atoms with van der Waals surface area (Å²) in [6.07, 6.45) is 2.00. The molecule has 178 valence electrons. The maximum atomic E-state index is 13.2. The molecule has 0 aliphatic carbocycles. The number of hydrogen-bond acceptors (Lipinski definition) is 8. The molecule has 2 aromatic heterocycles. The van der Waals surface area contributed by atoms with Crippen molar-refractivity contribution in [2.45, 2.75) is 19.9 Å². The lowest BCUT2D eigenvalue weighted by molar-refractivity contribution is -0.384. The molecule has 0 fully saturated rings. The number of benzene rings is 2. The Morgan fingerprint density at radius 2 is 1.97 bits per heavy atom. The van der Waals surface area contributed by atoms with Crippen molar-refractivity contribution in [2.75, 3.05) is 11.9 Å². The monoisotopic (exact) mass is 492 g/mol. The van der Waals surface area contributed by atoms with E-state index in [1.807, 2.05) is 6.92 Å². The quantitative estimate of drug-likeness (QED) is 0.221. The number of rotatable bonds is 8. The highest BCUT2D eigenvalue weighted by atomic mass is 32.1. The summed E-state index contributed by atoms with van der Waals surface area (Å²) in [7, 11) is 0. The van der Waals surface area contributed by atoms with Crippen molar-refractivity contribution in [3.63, 3.8) is 0 Å². The van der Waals surface area contributed by atoms with Crippen molar-refractivity contribution < 1.29 is 19.2 Å². The highest BCUT2D eigenvalue weighted by molar-refractivity contribution is 7.17. The lowest BCUT2D eigenvalue weighted by Gasteiger charge is -2.09. The van der Waals surface area contributed by atoms with Crippen LogP contribution in [-0.2, 0) is 16.1 Å². The molecular weight excluding hydrogens is 472 g/mol. The van der Waals surface area contributed by atoms with Gasteiger partial charge in [-0.3, -0.25) is 24.3 Å². The zero-order valence-electron chi connectivity index (χ0n) is 18.6. The van der Waals surface area contributed by atoms with Crippen LogP contribution in [0.3, 0.4) is 0 Å². The number of carbonyl (C=O) groups is 2. The van der Waals surface area contributed by atoms with Crippen molar-refractivity contribution in [2.24, 2.45) is 0 Å². The van der Waals surface area contributed by atoms with Gasteiger partial charge in [-0.15, -0.1) is 11.3 Å². The van der Waals surface area contributed by atoms with Crippen molar-refractivity contribution in [3.8, 4) is 11.1 Å². The Balaban J connectivity index is 1.55. The first-order chi connectivity index (χ1) is 16.9. The van der Waals surface area contributed by atoms with Crippen molar-refractivity contribution in [1.82, 2.24) is 9.55 Å². The molecule has 2 aromatic carbocycles. The van der Waals surface area contributed by atoms with Crippen LogP contribution in [-0.4, -0.2) is 33.0 Å². The SMILES string of the molecule is CCCOC(=O)c1cccc(NC(=O)Cn2cnc3scc(-c4ccc([N+](=O)[O-])cc4)c3c2=O)c1. The average Bonchev–Trinajstić information content (AvgIpc) is 3.29. The number of ether oxygens (including phenoxy) is 1. The molecule has 0 bridgehead atoms. The van der Waals surface area contributed by atoms with E-state index < -0.39 is 22.4 Å². The Hall–Kier alpha value is -4.38. The number of aromatic nitrogens is 2. The van der Waals surface area contributed by atoms with Gasteiger partial charge in [0.2, 0.25) is 5.91 Å². The number of nitro benzene ring substituents is 1. The van der Waals surface area contributed by atoms with E-state index >= 15 is 0 Å². The standard InChI is InChI=1S/C24H20N4O6S/c1-2-10-34-24(31)16-4-3-5-17(11-16)26-20(29)12-27-14-25-22-21(23(27)30)19(13-35-22)15-6-8-18(9-7-15)28(32)33/h3-9,11,13-14H,2,10,12H2,1H3,(H,26,29). The first-order valence-corrected chi connectivity index (χ1v) is 11.5. The average molecular weight is 493 g/mol. The molecule has 35 heavy (non-hydrogen) atoms. The number of nitrogens with one attached hydrogen (secondary N) is 1. The van der Waals surface area contributed by atoms with Crippen LogP contribution in [0.1, 0.15) is 23.7 Å². The van der Waals surface area contributed by atoms with Gasteiger partial charge < -0.3 is 10.1 Å².